The molecule has 2 bridgehead atoms. The van der Waals surface area contributed by atoms with Crippen LogP contribution in [0.4, 0.5) is 0 Å². The molecule has 2 atom stereocenters. The molecule has 2 unspecified atom stereocenters. The molecule has 0 saturated heterocycles. The molecule has 6 nitrogen and oxygen atoms in total. The van der Waals surface area contributed by atoms with Crippen molar-refractivity contribution in [2.24, 2.45) is 23.5 Å². The molecule has 0 spiro atoms. The molecule has 27 heavy (non-hydrogen) atoms. The van der Waals surface area contributed by atoms with E-state index in [4.69, 9.17) is 29.4 Å². The maximum atomic E-state index is 6.24. The molecule has 2 saturated carbocycles. The Morgan fingerprint density at radius 1 is 0.704 bits per heavy atom. The lowest BCUT2D eigenvalue weighted by Crippen LogP contribution is -2.43. The van der Waals surface area contributed by atoms with Crippen LogP contribution in [0.1, 0.15) is 46.0 Å². The maximum absolute atomic E-state index is 6.24. The summed E-state index contributed by atoms with van der Waals surface area (Å²) in [7, 11) is 0. The van der Waals surface area contributed by atoms with Gasteiger partial charge < -0.3 is 29.4 Å². The zero-order chi connectivity index (χ0) is 19.4. The SMILES string of the molecule is CC1CC2CC(C1)CC(C)(OCCOCCOCCOCCOCCN)C2. The van der Waals surface area contributed by atoms with Gasteiger partial charge >= 0.3 is 0 Å². The van der Waals surface area contributed by atoms with Crippen molar-refractivity contribution in [1.29, 1.82) is 0 Å². The Morgan fingerprint density at radius 3 is 1.63 bits per heavy atom. The van der Waals surface area contributed by atoms with Crippen molar-refractivity contribution in [2.75, 3.05) is 66.0 Å². The van der Waals surface area contributed by atoms with Crippen molar-refractivity contribution >= 4 is 0 Å². The van der Waals surface area contributed by atoms with Crippen molar-refractivity contribution in [3.63, 3.8) is 0 Å². The van der Waals surface area contributed by atoms with Crippen LogP contribution in [-0.4, -0.2) is 71.6 Å². The van der Waals surface area contributed by atoms with Crippen LogP contribution in [0.5, 0.6) is 0 Å². The van der Waals surface area contributed by atoms with E-state index in [2.05, 4.69) is 13.8 Å². The van der Waals surface area contributed by atoms with Crippen LogP contribution in [-0.2, 0) is 23.7 Å². The highest BCUT2D eigenvalue weighted by atomic mass is 16.6. The molecule has 0 aromatic rings. The lowest BCUT2D eigenvalue weighted by Gasteiger charge is -2.47. The molecule has 0 heterocycles. The molecule has 0 aliphatic heterocycles. The van der Waals surface area contributed by atoms with Crippen molar-refractivity contribution < 1.29 is 23.7 Å². The minimum atomic E-state index is 0.0544. The third kappa shape index (κ3) is 9.68. The molecule has 2 fully saturated rings. The molecule has 0 radical (unpaired) electrons. The number of nitrogens with two attached hydrogens (primary N) is 1. The van der Waals surface area contributed by atoms with E-state index < -0.39 is 0 Å². The van der Waals surface area contributed by atoms with Gasteiger partial charge in [0, 0.05) is 6.54 Å². The van der Waals surface area contributed by atoms with Gasteiger partial charge in [0.25, 0.3) is 0 Å². The fourth-order valence-electron chi connectivity index (χ4n) is 4.85. The number of fused-ring (bicyclic) bond motifs is 2. The van der Waals surface area contributed by atoms with Crippen LogP contribution < -0.4 is 5.73 Å². The molecule has 0 aromatic carbocycles. The largest absolute Gasteiger partial charge is 0.378 e. The Labute approximate surface area is 165 Å². The van der Waals surface area contributed by atoms with Gasteiger partial charge in [-0.25, -0.2) is 0 Å². The van der Waals surface area contributed by atoms with Gasteiger partial charge in [-0.05, 0) is 56.8 Å². The predicted molar refractivity (Wildman–Crippen MR) is 106 cm³/mol. The summed E-state index contributed by atoms with van der Waals surface area (Å²) >= 11 is 0. The van der Waals surface area contributed by atoms with E-state index in [1.54, 1.807) is 0 Å². The molecule has 2 aliphatic carbocycles. The van der Waals surface area contributed by atoms with Gasteiger partial charge in [0.15, 0.2) is 0 Å². The van der Waals surface area contributed by atoms with Crippen LogP contribution >= 0.6 is 0 Å². The summed E-state index contributed by atoms with van der Waals surface area (Å²) in [4.78, 5) is 0. The topological polar surface area (TPSA) is 72.2 Å². The zero-order valence-corrected chi connectivity index (χ0v) is 17.5. The third-order valence-electron chi connectivity index (χ3n) is 5.64. The van der Waals surface area contributed by atoms with Crippen LogP contribution in [0.3, 0.4) is 0 Å². The molecule has 6 heteroatoms. The molecule has 2 aliphatic rings. The van der Waals surface area contributed by atoms with Crippen LogP contribution in [0.15, 0.2) is 0 Å². The lowest BCUT2D eigenvalue weighted by molar-refractivity contribution is -0.113. The van der Waals surface area contributed by atoms with Gasteiger partial charge in [0.05, 0.1) is 65.1 Å². The Balaban J connectivity index is 1.38. The highest BCUT2D eigenvalue weighted by molar-refractivity contribution is 4.92. The van der Waals surface area contributed by atoms with Crippen LogP contribution in [0, 0.1) is 17.8 Å². The normalized spacial score (nSPS) is 30.6. The summed E-state index contributed by atoms with van der Waals surface area (Å²) in [5, 5.41) is 0. The van der Waals surface area contributed by atoms with Crippen LogP contribution in [0.2, 0.25) is 0 Å². The number of hydrogen-bond acceptors (Lipinski definition) is 6. The molecule has 0 aromatic heterocycles. The number of ether oxygens (including phenoxy) is 5. The summed E-state index contributed by atoms with van der Waals surface area (Å²) < 4.78 is 28.0. The molecular weight excluding hydrogens is 346 g/mol. The number of rotatable bonds is 15. The highest BCUT2D eigenvalue weighted by Gasteiger charge is 2.41. The molecule has 0 amide bonds. The smallest absolute Gasteiger partial charge is 0.0707 e. The van der Waals surface area contributed by atoms with Crippen molar-refractivity contribution in [3.8, 4) is 0 Å². The van der Waals surface area contributed by atoms with E-state index in [0.29, 0.717) is 66.0 Å². The second-order valence-electron chi connectivity index (χ2n) is 8.49. The van der Waals surface area contributed by atoms with E-state index in [1.807, 2.05) is 0 Å². The quantitative estimate of drug-likeness (QED) is 0.436. The molecule has 160 valence electrons. The van der Waals surface area contributed by atoms with Gasteiger partial charge in [-0.2, -0.15) is 0 Å². The van der Waals surface area contributed by atoms with E-state index in [1.165, 1.54) is 32.1 Å². The molecular formula is C21H41NO5. The zero-order valence-electron chi connectivity index (χ0n) is 17.5. The van der Waals surface area contributed by atoms with Crippen molar-refractivity contribution in [3.05, 3.63) is 0 Å². The van der Waals surface area contributed by atoms with Gasteiger partial charge in [0.2, 0.25) is 0 Å². The van der Waals surface area contributed by atoms with Gasteiger partial charge in [-0.3, -0.25) is 0 Å². The number of hydrogen-bond donors (Lipinski definition) is 1. The second-order valence-corrected chi connectivity index (χ2v) is 8.49. The van der Waals surface area contributed by atoms with E-state index in [9.17, 15) is 0 Å². The van der Waals surface area contributed by atoms with Gasteiger partial charge in [-0.15, -0.1) is 0 Å². The Bertz CT molecular complexity index is 364. The van der Waals surface area contributed by atoms with Gasteiger partial charge in [0.1, 0.15) is 0 Å². The summed E-state index contributed by atoms with van der Waals surface area (Å²) in [6, 6.07) is 0. The summed E-state index contributed by atoms with van der Waals surface area (Å²) in [5.74, 6) is 2.62. The Kier molecular flexibility index (Phi) is 11.2. The average Bonchev–Trinajstić information content (AvgIpc) is 2.60. The first-order chi connectivity index (χ1) is 13.1. The first-order valence-corrected chi connectivity index (χ1v) is 10.8. The standard InChI is InChI=1S/C21H41NO5/c1-18-13-19-15-20(14-18)17-21(2,16-19)27-12-11-26-10-9-25-8-7-24-6-5-23-4-3-22/h18-20H,3-17,22H2,1-2H3. The van der Waals surface area contributed by atoms with Crippen LogP contribution in [0.25, 0.3) is 0 Å². The predicted octanol–water partition coefficient (Wildman–Crippen LogP) is 2.63. The maximum Gasteiger partial charge on any atom is 0.0707 e. The average molecular weight is 388 g/mol. The molecule has 2 N–H and O–H groups in total. The third-order valence-corrected chi connectivity index (χ3v) is 5.64. The Hall–Kier alpha value is -0.240. The van der Waals surface area contributed by atoms with E-state index in [-0.39, 0.29) is 5.60 Å². The van der Waals surface area contributed by atoms with Crippen molar-refractivity contribution in [2.45, 2.75) is 51.6 Å². The van der Waals surface area contributed by atoms with E-state index >= 15 is 0 Å². The first kappa shape index (κ1) is 23.0. The van der Waals surface area contributed by atoms with Gasteiger partial charge in [-0.1, -0.05) is 6.92 Å². The summed E-state index contributed by atoms with van der Waals surface area (Å²) in [5.41, 5.74) is 5.38. The minimum Gasteiger partial charge on any atom is -0.378 e. The fourth-order valence-corrected chi connectivity index (χ4v) is 4.85. The minimum absolute atomic E-state index is 0.0544. The monoisotopic (exact) mass is 387 g/mol. The summed E-state index contributed by atoms with van der Waals surface area (Å²) in [6.07, 6.45) is 6.62. The second kappa shape index (κ2) is 13.1. The lowest BCUT2D eigenvalue weighted by atomic mass is 9.64. The summed E-state index contributed by atoms with van der Waals surface area (Å²) in [6.45, 7) is 10.7. The molecule has 2 rings (SSSR count). The first-order valence-electron chi connectivity index (χ1n) is 10.8. The fraction of sp³-hybridized carbons (Fsp3) is 1.00. The van der Waals surface area contributed by atoms with Crippen molar-refractivity contribution in [1.82, 2.24) is 0 Å². The Morgan fingerprint density at radius 2 is 1.15 bits per heavy atom. The van der Waals surface area contributed by atoms with E-state index in [0.717, 1.165) is 17.8 Å². The highest BCUT2D eigenvalue weighted by Crippen LogP contribution is 2.47.